The molecule has 2 aromatic heterocycles. The van der Waals surface area contributed by atoms with Gasteiger partial charge in [0.2, 0.25) is 11.8 Å². The Bertz CT molecular complexity index is 2300. The van der Waals surface area contributed by atoms with Crippen LogP contribution in [0.15, 0.2) is 78.6 Å². The zero-order valence-electron chi connectivity index (χ0n) is 30.5. The molecule has 0 radical (unpaired) electrons. The number of nitrogens with zero attached hydrogens (tertiary/aromatic N) is 6. The molecule has 3 aromatic carbocycles. The monoisotopic (exact) mass is 773 g/mol. The van der Waals surface area contributed by atoms with Crippen molar-refractivity contribution in [1.29, 1.82) is 0 Å². The van der Waals surface area contributed by atoms with E-state index in [1.807, 2.05) is 41.0 Å². The molecule has 15 heteroatoms. The third-order valence-electron chi connectivity index (χ3n) is 11.2. The van der Waals surface area contributed by atoms with Crippen molar-refractivity contribution < 1.29 is 23.6 Å². The molecule has 6 heterocycles. The molecule has 4 aliphatic heterocycles. The lowest BCUT2D eigenvalue weighted by Crippen LogP contribution is -2.47. The van der Waals surface area contributed by atoms with Crippen molar-refractivity contribution in [3.05, 3.63) is 112 Å². The Labute approximate surface area is 326 Å². The maximum absolute atomic E-state index is 15.9. The van der Waals surface area contributed by atoms with Crippen molar-refractivity contribution in [2.75, 3.05) is 41.7 Å². The van der Waals surface area contributed by atoms with E-state index in [9.17, 15) is 19.2 Å². The minimum atomic E-state index is -1.04. The highest BCUT2D eigenvalue weighted by Gasteiger charge is 2.42. The molecule has 0 aliphatic carbocycles. The van der Waals surface area contributed by atoms with Gasteiger partial charge in [0, 0.05) is 85.5 Å². The van der Waals surface area contributed by atoms with Crippen LogP contribution < -0.4 is 20.9 Å². The average molecular weight is 774 g/mol. The largest absolute Gasteiger partial charge is 0.374 e. The van der Waals surface area contributed by atoms with Gasteiger partial charge in [0.1, 0.15) is 11.9 Å². The zero-order valence-corrected chi connectivity index (χ0v) is 31.4. The average Bonchev–Trinajstić information content (AvgIpc) is 4.02. The van der Waals surface area contributed by atoms with Crippen LogP contribution in [0, 0.1) is 5.82 Å². The van der Waals surface area contributed by atoms with E-state index in [1.165, 1.54) is 27.9 Å². The number of thiazole rings is 1. The molecule has 2 atom stereocenters. The number of carbonyl (C=O) groups is 4. The van der Waals surface area contributed by atoms with Crippen molar-refractivity contribution in [1.82, 2.24) is 29.7 Å². The van der Waals surface area contributed by atoms with E-state index in [0.29, 0.717) is 29.2 Å². The van der Waals surface area contributed by atoms with E-state index in [2.05, 4.69) is 47.9 Å². The summed E-state index contributed by atoms with van der Waals surface area (Å²) in [7, 11) is 0. The van der Waals surface area contributed by atoms with Gasteiger partial charge in [-0.3, -0.25) is 34.7 Å². The fourth-order valence-electron chi connectivity index (χ4n) is 8.19. The van der Waals surface area contributed by atoms with Crippen LogP contribution in [0.2, 0.25) is 0 Å². The number of anilines is 3. The third kappa shape index (κ3) is 7.03. The second-order valence-electron chi connectivity index (χ2n) is 14.7. The lowest BCUT2D eigenvalue weighted by Gasteiger charge is -2.36. The molecule has 4 amide bonds. The lowest BCUT2D eigenvalue weighted by atomic mass is 9.99. The summed E-state index contributed by atoms with van der Waals surface area (Å²) in [5.74, 6) is -1.83. The molecule has 286 valence electrons. The number of fused-ring (bicyclic) bond motifs is 2. The smallest absolute Gasteiger partial charge is 0.255 e. The zero-order chi connectivity index (χ0) is 38.3. The normalized spacial score (nSPS) is 18.8. The first kappa shape index (κ1) is 35.8. The van der Waals surface area contributed by atoms with Crippen LogP contribution in [-0.4, -0.2) is 80.2 Å². The van der Waals surface area contributed by atoms with Gasteiger partial charge in [-0.1, -0.05) is 24.3 Å². The number of imide groups is 1. The summed E-state index contributed by atoms with van der Waals surface area (Å²) in [6.07, 6.45) is 5.81. The Morgan fingerprint density at radius 3 is 2.50 bits per heavy atom. The number of piperazine rings is 1. The number of rotatable bonds is 10. The van der Waals surface area contributed by atoms with Crippen LogP contribution >= 0.6 is 11.3 Å². The van der Waals surface area contributed by atoms with Crippen LogP contribution in [-0.2, 0) is 40.4 Å². The third-order valence-corrected chi connectivity index (χ3v) is 11.9. The molecule has 2 saturated heterocycles. The molecule has 4 aliphatic rings. The molecule has 13 nitrogen and oxygen atoms in total. The van der Waals surface area contributed by atoms with Gasteiger partial charge < -0.3 is 19.7 Å². The highest BCUT2D eigenvalue weighted by Crippen LogP contribution is 2.38. The van der Waals surface area contributed by atoms with Gasteiger partial charge in [-0.2, -0.15) is 0 Å². The van der Waals surface area contributed by atoms with Crippen LogP contribution in [0.1, 0.15) is 58.2 Å². The number of carbonyl (C=O) groups excluding carboxylic acids is 4. The number of hydrogen-bond donors (Lipinski definition) is 3. The van der Waals surface area contributed by atoms with Gasteiger partial charge in [-0.05, 0) is 72.4 Å². The fraction of sp³-hybridized carbons (Fsp3) is 0.317. The molecule has 2 unspecified atom stereocenters. The van der Waals surface area contributed by atoms with Crippen LogP contribution in [0.4, 0.5) is 20.9 Å². The number of halogens is 1. The summed E-state index contributed by atoms with van der Waals surface area (Å²) in [5.41, 5.74) is 6.45. The van der Waals surface area contributed by atoms with Crippen molar-refractivity contribution >= 4 is 51.5 Å². The molecule has 3 N–H and O–H groups in total. The molecule has 5 aromatic rings. The summed E-state index contributed by atoms with van der Waals surface area (Å²) >= 11 is 1.28. The number of hydrogen-bond acceptors (Lipinski definition) is 10. The number of aryl methyl sites for hydroxylation is 1. The Morgan fingerprint density at radius 1 is 0.946 bits per heavy atom. The van der Waals surface area contributed by atoms with Gasteiger partial charge in [-0.25, -0.2) is 14.4 Å². The molecule has 0 saturated carbocycles. The maximum atomic E-state index is 15.9. The summed E-state index contributed by atoms with van der Waals surface area (Å²) in [6.45, 7) is 5.05. The van der Waals surface area contributed by atoms with E-state index >= 15 is 4.39 Å². The van der Waals surface area contributed by atoms with E-state index in [1.54, 1.807) is 24.0 Å². The number of nitrogens with one attached hydrogen (secondary N) is 3. The van der Waals surface area contributed by atoms with E-state index in [-0.39, 0.29) is 29.5 Å². The van der Waals surface area contributed by atoms with Crippen molar-refractivity contribution in [3.8, 4) is 11.1 Å². The van der Waals surface area contributed by atoms with Crippen LogP contribution in [0.25, 0.3) is 11.1 Å². The highest BCUT2D eigenvalue weighted by molar-refractivity contribution is 7.13. The van der Waals surface area contributed by atoms with Gasteiger partial charge in [0.25, 0.3) is 11.8 Å². The van der Waals surface area contributed by atoms with Crippen LogP contribution in [0.3, 0.4) is 0 Å². The fourth-order valence-corrected chi connectivity index (χ4v) is 8.72. The van der Waals surface area contributed by atoms with E-state index in [0.717, 1.165) is 74.7 Å². The summed E-state index contributed by atoms with van der Waals surface area (Å²) in [5, 5.41) is 10.6. The second kappa shape index (κ2) is 15.0. The topological polar surface area (TPSA) is 145 Å². The summed E-state index contributed by atoms with van der Waals surface area (Å²) in [4.78, 5) is 66.4. The van der Waals surface area contributed by atoms with Gasteiger partial charge in [0.15, 0.2) is 11.2 Å². The highest BCUT2D eigenvalue weighted by atomic mass is 32.1. The van der Waals surface area contributed by atoms with E-state index < -0.39 is 29.7 Å². The van der Waals surface area contributed by atoms with Crippen molar-refractivity contribution in [2.24, 2.45) is 0 Å². The standard InChI is InChI=1S/C41H40FN9O4S/c42-32-21-27(20-30-31(32)23-51(40(30)55)37(39(54)47-41-43-13-19-56-41)36-34-2-1-14-50(34)24-44-36)26-5-9-29(10-6-26)49-17-15-48(16-18-49)22-25-3-7-28(8-4-25)45-33-11-12-35(52)46-38(33)53/h3-10,13,19-21,24,33,37,45H,1-2,11-12,14-18,22-23H2,(H,43,47,54)(H,46,52,53). The first-order valence-electron chi connectivity index (χ1n) is 18.9. The quantitative estimate of drug-likeness (QED) is 0.168. The Balaban J connectivity index is 0.842. The van der Waals surface area contributed by atoms with Crippen LogP contribution in [0.5, 0.6) is 0 Å². The van der Waals surface area contributed by atoms with E-state index in [4.69, 9.17) is 0 Å². The number of amides is 4. The number of imidazole rings is 1. The Morgan fingerprint density at radius 2 is 1.75 bits per heavy atom. The Hall–Kier alpha value is -5.93. The Kier molecular flexibility index (Phi) is 9.55. The molecule has 0 spiro atoms. The van der Waals surface area contributed by atoms with Gasteiger partial charge in [0.05, 0.1) is 18.6 Å². The molecule has 0 bridgehead atoms. The van der Waals surface area contributed by atoms with Gasteiger partial charge in [-0.15, -0.1) is 11.3 Å². The lowest BCUT2D eigenvalue weighted by molar-refractivity contribution is -0.133. The van der Waals surface area contributed by atoms with Crippen molar-refractivity contribution in [3.63, 3.8) is 0 Å². The number of piperidine rings is 1. The molecule has 9 rings (SSSR count). The number of aromatic nitrogens is 3. The minimum absolute atomic E-state index is 0.0411. The molecular weight excluding hydrogens is 734 g/mol. The molecule has 2 fully saturated rings. The van der Waals surface area contributed by atoms with Crippen molar-refractivity contribution in [2.45, 2.75) is 57.4 Å². The summed E-state index contributed by atoms with van der Waals surface area (Å²) < 4.78 is 17.9. The summed E-state index contributed by atoms with van der Waals surface area (Å²) in [6, 6.07) is 17.8. The predicted octanol–water partition coefficient (Wildman–Crippen LogP) is 4.97. The first-order chi connectivity index (χ1) is 27.3. The molecule has 56 heavy (non-hydrogen) atoms. The van der Waals surface area contributed by atoms with Gasteiger partial charge >= 0.3 is 0 Å². The predicted molar refractivity (Wildman–Crippen MR) is 209 cm³/mol. The molecular formula is C41H40FN9O4S. The minimum Gasteiger partial charge on any atom is -0.374 e. The number of benzene rings is 3. The maximum Gasteiger partial charge on any atom is 0.255 e. The first-order valence-corrected chi connectivity index (χ1v) is 19.8. The second-order valence-corrected chi connectivity index (χ2v) is 15.6. The SMILES string of the molecule is O=C1CCC(Nc2ccc(CN3CCN(c4ccc(-c5cc(F)c6c(c5)C(=O)N(C(C(=O)Nc5nccs5)c5ncn7c5CCC7)C6)cc4)CC3)cc2)C(=O)N1.